The van der Waals surface area contributed by atoms with Gasteiger partial charge in [-0.15, -0.1) is 0 Å². The Morgan fingerprint density at radius 1 is 1.18 bits per heavy atom. The fraction of sp³-hybridized carbons (Fsp3) is 0.667. The van der Waals surface area contributed by atoms with Crippen LogP contribution in [0.2, 0.25) is 0 Å². The van der Waals surface area contributed by atoms with Crippen LogP contribution in [0.4, 0.5) is 11.6 Å². The van der Waals surface area contributed by atoms with Gasteiger partial charge in [0.05, 0.1) is 0 Å². The molecule has 0 bridgehead atoms. The molecule has 0 unspecified atom stereocenters. The van der Waals surface area contributed by atoms with E-state index in [0.717, 1.165) is 48.8 Å². The molecule has 5 heteroatoms. The van der Waals surface area contributed by atoms with Crippen molar-refractivity contribution in [1.29, 1.82) is 0 Å². The van der Waals surface area contributed by atoms with Gasteiger partial charge in [-0.25, -0.2) is 9.97 Å². The zero-order valence-corrected chi connectivity index (χ0v) is 10.9. The average Bonchev–Trinajstić information content (AvgIpc) is 2.36. The summed E-state index contributed by atoms with van der Waals surface area (Å²) >= 11 is 0. The lowest BCUT2D eigenvalue weighted by molar-refractivity contribution is 0.286. The highest BCUT2D eigenvalue weighted by molar-refractivity contribution is 5.56. The number of aliphatic hydroxyl groups excluding tert-OH is 1. The van der Waals surface area contributed by atoms with Gasteiger partial charge in [0, 0.05) is 32.2 Å². The maximum Gasteiger partial charge on any atom is 0.134 e. The third kappa shape index (κ3) is 3.85. The van der Waals surface area contributed by atoms with Crippen LogP contribution < -0.4 is 10.6 Å². The van der Waals surface area contributed by atoms with Crippen molar-refractivity contribution in [2.24, 2.45) is 0 Å². The van der Waals surface area contributed by atoms with Crippen molar-refractivity contribution < 1.29 is 5.11 Å². The fourth-order valence-electron chi connectivity index (χ4n) is 1.58. The first kappa shape index (κ1) is 13.7. The molecule has 0 atom stereocenters. The number of hydrogen-bond acceptors (Lipinski definition) is 5. The van der Waals surface area contributed by atoms with E-state index in [0.29, 0.717) is 0 Å². The molecule has 0 aliphatic rings. The number of nitrogens with zero attached hydrogens (tertiary/aromatic N) is 2. The molecule has 0 saturated carbocycles. The topological polar surface area (TPSA) is 70.1 Å². The molecule has 0 aliphatic heterocycles. The molecule has 3 N–H and O–H groups in total. The van der Waals surface area contributed by atoms with Crippen LogP contribution in [-0.4, -0.2) is 35.3 Å². The number of hydrogen-bond donors (Lipinski definition) is 3. The Hall–Kier alpha value is -1.36. The van der Waals surface area contributed by atoms with Crippen LogP contribution in [0, 0.1) is 6.92 Å². The molecule has 0 spiro atoms. The first-order valence-electron chi connectivity index (χ1n) is 6.12. The lowest BCUT2D eigenvalue weighted by Gasteiger charge is -2.13. The van der Waals surface area contributed by atoms with Crippen LogP contribution in [0.25, 0.3) is 0 Å². The van der Waals surface area contributed by atoms with E-state index >= 15 is 0 Å². The predicted octanol–water partition coefficient (Wildman–Crippen LogP) is 1.57. The minimum atomic E-state index is 0.242. The third-order valence-electron chi connectivity index (χ3n) is 2.62. The number of nitrogens with one attached hydrogen (secondary N) is 2. The molecular weight excluding hydrogens is 216 g/mol. The molecule has 17 heavy (non-hydrogen) atoms. The van der Waals surface area contributed by atoms with Crippen LogP contribution in [0.15, 0.2) is 0 Å². The minimum absolute atomic E-state index is 0.242. The van der Waals surface area contributed by atoms with Gasteiger partial charge in [-0.05, 0) is 19.8 Å². The van der Waals surface area contributed by atoms with Gasteiger partial charge in [0.25, 0.3) is 0 Å². The second-order valence-electron chi connectivity index (χ2n) is 3.92. The first-order chi connectivity index (χ1) is 8.22. The van der Waals surface area contributed by atoms with E-state index in [1.165, 1.54) is 0 Å². The minimum Gasteiger partial charge on any atom is -0.396 e. The second kappa shape index (κ2) is 7.06. The van der Waals surface area contributed by atoms with Gasteiger partial charge < -0.3 is 15.7 Å². The standard InChI is InChI=1S/C12H22N4O/c1-4-10-15-11(13-3)9(2)12(16-10)14-7-5-6-8-17/h17H,4-8H2,1-3H3,(H2,13,14,15,16). The van der Waals surface area contributed by atoms with Crippen molar-refractivity contribution in [2.75, 3.05) is 30.8 Å². The molecule has 0 aliphatic carbocycles. The molecule has 5 nitrogen and oxygen atoms in total. The van der Waals surface area contributed by atoms with Crippen LogP contribution >= 0.6 is 0 Å². The molecule has 0 aromatic carbocycles. The summed E-state index contributed by atoms with van der Waals surface area (Å²) in [6.45, 7) is 5.11. The highest BCUT2D eigenvalue weighted by atomic mass is 16.2. The van der Waals surface area contributed by atoms with Crippen molar-refractivity contribution in [3.8, 4) is 0 Å². The van der Waals surface area contributed by atoms with Gasteiger partial charge in [0.1, 0.15) is 17.5 Å². The number of aliphatic hydroxyl groups is 1. The van der Waals surface area contributed by atoms with Gasteiger partial charge in [-0.1, -0.05) is 6.92 Å². The van der Waals surface area contributed by atoms with E-state index in [1.54, 1.807) is 0 Å². The fourth-order valence-corrected chi connectivity index (χ4v) is 1.58. The highest BCUT2D eigenvalue weighted by Gasteiger charge is 2.08. The summed E-state index contributed by atoms with van der Waals surface area (Å²) < 4.78 is 0. The molecule has 96 valence electrons. The maximum absolute atomic E-state index is 8.72. The number of anilines is 2. The van der Waals surface area contributed by atoms with Gasteiger partial charge in [0.2, 0.25) is 0 Å². The van der Waals surface area contributed by atoms with E-state index < -0.39 is 0 Å². The van der Waals surface area contributed by atoms with Gasteiger partial charge in [0.15, 0.2) is 0 Å². The zero-order valence-electron chi connectivity index (χ0n) is 10.9. The number of aryl methyl sites for hydroxylation is 1. The number of aromatic nitrogens is 2. The zero-order chi connectivity index (χ0) is 12.7. The summed E-state index contributed by atoms with van der Waals surface area (Å²) in [7, 11) is 1.87. The molecule has 0 saturated heterocycles. The van der Waals surface area contributed by atoms with Crippen molar-refractivity contribution in [1.82, 2.24) is 9.97 Å². The molecule has 1 aromatic rings. The SMILES string of the molecule is CCc1nc(NC)c(C)c(NCCCCO)n1. The van der Waals surface area contributed by atoms with Crippen molar-refractivity contribution in [3.05, 3.63) is 11.4 Å². The summed E-state index contributed by atoms with van der Waals surface area (Å²) in [6.07, 6.45) is 2.58. The molecular formula is C12H22N4O. The van der Waals surface area contributed by atoms with E-state index in [9.17, 15) is 0 Å². The molecule has 1 heterocycles. The van der Waals surface area contributed by atoms with Crippen molar-refractivity contribution in [2.45, 2.75) is 33.1 Å². The molecule has 0 fully saturated rings. The largest absolute Gasteiger partial charge is 0.396 e. The Bertz CT molecular complexity index is 355. The second-order valence-corrected chi connectivity index (χ2v) is 3.92. The Morgan fingerprint density at radius 3 is 2.47 bits per heavy atom. The quantitative estimate of drug-likeness (QED) is 0.629. The summed E-state index contributed by atoms with van der Waals surface area (Å²) in [5.41, 5.74) is 1.04. The summed E-state index contributed by atoms with van der Waals surface area (Å²) in [6, 6.07) is 0. The summed E-state index contributed by atoms with van der Waals surface area (Å²) in [4.78, 5) is 8.88. The van der Waals surface area contributed by atoms with Gasteiger partial charge in [-0.3, -0.25) is 0 Å². The lowest BCUT2D eigenvalue weighted by Crippen LogP contribution is -2.10. The van der Waals surface area contributed by atoms with Crippen molar-refractivity contribution in [3.63, 3.8) is 0 Å². The van der Waals surface area contributed by atoms with Gasteiger partial charge >= 0.3 is 0 Å². The molecule has 1 rings (SSSR count). The maximum atomic E-state index is 8.72. The number of rotatable bonds is 7. The van der Waals surface area contributed by atoms with Gasteiger partial charge in [-0.2, -0.15) is 0 Å². The monoisotopic (exact) mass is 238 g/mol. The first-order valence-corrected chi connectivity index (χ1v) is 6.12. The van der Waals surface area contributed by atoms with Crippen LogP contribution in [-0.2, 0) is 6.42 Å². The lowest BCUT2D eigenvalue weighted by atomic mass is 10.2. The van der Waals surface area contributed by atoms with E-state index in [-0.39, 0.29) is 6.61 Å². The summed E-state index contributed by atoms with van der Waals surface area (Å²) in [5.74, 6) is 2.60. The Morgan fingerprint density at radius 2 is 1.88 bits per heavy atom. The average molecular weight is 238 g/mol. The summed E-state index contributed by atoms with van der Waals surface area (Å²) in [5, 5.41) is 15.1. The molecule has 0 radical (unpaired) electrons. The van der Waals surface area contributed by atoms with Crippen LogP contribution in [0.1, 0.15) is 31.2 Å². The van der Waals surface area contributed by atoms with E-state index in [1.807, 2.05) is 20.9 Å². The normalized spacial score (nSPS) is 10.4. The number of unbranched alkanes of at least 4 members (excludes halogenated alkanes) is 1. The molecule has 1 aromatic heterocycles. The van der Waals surface area contributed by atoms with E-state index in [4.69, 9.17) is 5.11 Å². The Kier molecular flexibility index (Phi) is 5.69. The Balaban J connectivity index is 2.75. The van der Waals surface area contributed by atoms with Crippen LogP contribution in [0.5, 0.6) is 0 Å². The van der Waals surface area contributed by atoms with E-state index in [2.05, 4.69) is 20.6 Å². The smallest absolute Gasteiger partial charge is 0.134 e. The Labute approximate surface area is 103 Å². The predicted molar refractivity (Wildman–Crippen MR) is 70.5 cm³/mol. The van der Waals surface area contributed by atoms with Crippen molar-refractivity contribution >= 4 is 11.6 Å². The molecule has 0 amide bonds. The third-order valence-corrected chi connectivity index (χ3v) is 2.62. The van der Waals surface area contributed by atoms with Crippen LogP contribution in [0.3, 0.4) is 0 Å². The highest BCUT2D eigenvalue weighted by Crippen LogP contribution is 2.19.